The average molecular weight is 379 g/mol. The van der Waals surface area contributed by atoms with Gasteiger partial charge in [-0.2, -0.15) is 0 Å². The van der Waals surface area contributed by atoms with Crippen LogP contribution in [0.15, 0.2) is 48.7 Å². The highest BCUT2D eigenvalue weighted by atomic mass is 16.5. The lowest BCUT2D eigenvalue weighted by Crippen LogP contribution is -2.25. The molecule has 0 aliphatic rings. The SMILES string of the molecule is Cc1ccc(-c2nc3cc(C)ccn3c2/C=C/C(=O)NCCOCCO)cc1. The van der Waals surface area contributed by atoms with Crippen molar-refractivity contribution in [3.63, 3.8) is 0 Å². The third-order valence-corrected chi connectivity index (χ3v) is 4.32. The molecule has 1 amide bonds. The monoisotopic (exact) mass is 379 g/mol. The van der Waals surface area contributed by atoms with E-state index in [0.29, 0.717) is 13.2 Å². The van der Waals surface area contributed by atoms with E-state index in [2.05, 4.69) is 17.4 Å². The third-order valence-electron chi connectivity index (χ3n) is 4.32. The van der Waals surface area contributed by atoms with Crippen molar-refractivity contribution in [1.29, 1.82) is 0 Å². The number of hydrogen-bond donors (Lipinski definition) is 2. The molecule has 0 fully saturated rings. The summed E-state index contributed by atoms with van der Waals surface area (Å²) >= 11 is 0. The summed E-state index contributed by atoms with van der Waals surface area (Å²) in [4.78, 5) is 16.9. The topological polar surface area (TPSA) is 75.9 Å². The van der Waals surface area contributed by atoms with Gasteiger partial charge in [-0.15, -0.1) is 0 Å². The normalized spacial score (nSPS) is 11.4. The van der Waals surface area contributed by atoms with E-state index < -0.39 is 0 Å². The molecule has 0 aliphatic carbocycles. The lowest BCUT2D eigenvalue weighted by Gasteiger charge is -2.04. The van der Waals surface area contributed by atoms with E-state index in [1.165, 1.54) is 11.6 Å². The van der Waals surface area contributed by atoms with Crippen LogP contribution in [0.25, 0.3) is 23.0 Å². The lowest BCUT2D eigenvalue weighted by atomic mass is 10.1. The Morgan fingerprint density at radius 3 is 2.71 bits per heavy atom. The quantitative estimate of drug-likeness (QED) is 0.466. The van der Waals surface area contributed by atoms with Crippen LogP contribution in [0.2, 0.25) is 0 Å². The summed E-state index contributed by atoms with van der Waals surface area (Å²) in [6, 6.07) is 12.2. The van der Waals surface area contributed by atoms with E-state index in [9.17, 15) is 4.79 Å². The van der Waals surface area contributed by atoms with Gasteiger partial charge in [-0.3, -0.25) is 9.20 Å². The zero-order valence-corrected chi connectivity index (χ0v) is 16.2. The summed E-state index contributed by atoms with van der Waals surface area (Å²) in [7, 11) is 0. The second-order valence-corrected chi connectivity index (χ2v) is 6.60. The molecule has 0 atom stereocenters. The second-order valence-electron chi connectivity index (χ2n) is 6.60. The van der Waals surface area contributed by atoms with Gasteiger partial charge in [-0.25, -0.2) is 4.98 Å². The number of ether oxygens (including phenoxy) is 1. The first-order valence-corrected chi connectivity index (χ1v) is 9.29. The van der Waals surface area contributed by atoms with Crippen LogP contribution in [0, 0.1) is 13.8 Å². The molecule has 0 radical (unpaired) electrons. The van der Waals surface area contributed by atoms with Crippen molar-refractivity contribution in [1.82, 2.24) is 14.7 Å². The fraction of sp³-hybridized carbons (Fsp3) is 0.273. The molecular formula is C22H25N3O3. The minimum atomic E-state index is -0.204. The predicted octanol–water partition coefficient (Wildman–Crippen LogP) is 2.76. The molecule has 0 aliphatic heterocycles. The van der Waals surface area contributed by atoms with Crippen molar-refractivity contribution in [2.75, 3.05) is 26.4 Å². The molecule has 0 spiro atoms. The smallest absolute Gasteiger partial charge is 0.244 e. The Balaban J connectivity index is 1.85. The molecule has 2 heterocycles. The van der Waals surface area contributed by atoms with Crippen LogP contribution < -0.4 is 5.32 Å². The molecule has 2 N–H and O–H groups in total. The van der Waals surface area contributed by atoms with Crippen molar-refractivity contribution in [2.45, 2.75) is 13.8 Å². The van der Waals surface area contributed by atoms with Gasteiger partial charge in [-0.1, -0.05) is 29.8 Å². The Morgan fingerprint density at radius 1 is 1.18 bits per heavy atom. The molecule has 0 unspecified atom stereocenters. The number of carbonyl (C=O) groups excluding carboxylic acids is 1. The molecule has 146 valence electrons. The van der Waals surface area contributed by atoms with E-state index in [4.69, 9.17) is 14.8 Å². The number of aromatic nitrogens is 2. The molecule has 1 aromatic carbocycles. The minimum Gasteiger partial charge on any atom is -0.394 e. The maximum atomic E-state index is 12.1. The highest BCUT2D eigenvalue weighted by molar-refractivity contribution is 5.92. The van der Waals surface area contributed by atoms with Crippen LogP contribution in [-0.4, -0.2) is 46.8 Å². The average Bonchev–Trinajstić information content (AvgIpc) is 3.04. The fourth-order valence-corrected chi connectivity index (χ4v) is 2.88. The van der Waals surface area contributed by atoms with Crippen molar-refractivity contribution in [3.05, 3.63) is 65.5 Å². The van der Waals surface area contributed by atoms with Crippen LogP contribution in [0.4, 0.5) is 0 Å². The highest BCUT2D eigenvalue weighted by Gasteiger charge is 2.12. The minimum absolute atomic E-state index is 0.0244. The van der Waals surface area contributed by atoms with Crippen molar-refractivity contribution in [3.8, 4) is 11.3 Å². The Morgan fingerprint density at radius 2 is 1.96 bits per heavy atom. The number of pyridine rings is 1. The first-order chi connectivity index (χ1) is 13.6. The second kappa shape index (κ2) is 9.30. The number of hydrogen-bond acceptors (Lipinski definition) is 4. The zero-order chi connectivity index (χ0) is 19.9. The number of fused-ring (bicyclic) bond motifs is 1. The van der Waals surface area contributed by atoms with Gasteiger partial charge in [0, 0.05) is 24.4 Å². The lowest BCUT2D eigenvalue weighted by molar-refractivity contribution is -0.116. The summed E-state index contributed by atoms with van der Waals surface area (Å²) in [5.41, 5.74) is 5.84. The molecule has 0 saturated heterocycles. The summed E-state index contributed by atoms with van der Waals surface area (Å²) in [6.07, 6.45) is 5.26. The molecular weight excluding hydrogens is 354 g/mol. The number of aliphatic hydroxyl groups excluding tert-OH is 1. The molecule has 3 aromatic rings. The number of imidazole rings is 1. The number of amides is 1. The Kier molecular flexibility index (Phi) is 6.57. The number of rotatable bonds is 8. The Bertz CT molecular complexity index is 975. The first-order valence-electron chi connectivity index (χ1n) is 9.29. The van der Waals surface area contributed by atoms with Gasteiger partial charge in [0.15, 0.2) is 0 Å². The standard InChI is InChI=1S/C22H25N3O3/c1-16-3-5-18(6-4-16)22-19(25-11-9-17(2)15-20(25)24-22)7-8-21(27)23-10-13-28-14-12-26/h3-9,11,15,26H,10,12-14H2,1-2H3,(H,23,27)/b8-7+. The van der Waals surface area contributed by atoms with E-state index in [0.717, 1.165) is 28.2 Å². The van der Waals surface area contributed by atoms with Gasteiger partial charge in [0.05, 0.1) is 31.2 Å². The van der Waals surface area contributed by atoms with E-state index >= 15 is 0 Å². The predicted molar refractivity (Wildman–Crippen MR) is 110 cm³/mol. The Labute approximate surface area is 164 Å². The Hall–Kier alpha value is -2.96. The number of benzene rings is 1. The largest absolute Gasteiger partial charge is 0.394 e. The molecule has 0 saturated carbocycles. The summed E-state index contributed by atoms with van der Waals surface area (Å²) < 4.78 is 7.12. The maximum absolute atomic E-state index is 12.1. The number of carbonyl (C=O) groups is 1. The van der Waals surface area contributed by atoms with Crippen LogP contribution in [-0.2, 0) is 9.53 Å². The molecule has 6 nitrogen and oxygen atoms in total. The zero-order valence-electron chi connectivity index (χ0n) is 16.2. The van der Waals surface area contributed by atoms with Gasteiger partial charge >= 0.3 is 0 Å². The molecule has 0 bridgehead atoms. The number of nitrogens with one attached hydrogen (secondary N) is 1. The van der Waals surface area contributed by atoms with Crippen LogP contribution >= 0.6 is 0 Å². The molecule has 2 aromatic heterocycles. The van der Waals surface area contributed by atoms with Crippen LogP contribution in [0.1, 0.15) is 16.8 Å². The van der Waals surface area contributed by atoms with E-state index in [-0.39, 0.29) is 19.1 Å². The van der Waals surface area contributed by atoms with Gasteiger partial charge < -0.3 is 15.2 Å². The van der Waals surface area contributed by atoms with Gasteiger partial charge in [-0.05, 0) is 37.6 Å². The van der Waals surface area contributed by atoms with Crippen molar-refractivity contribution >= 4 is 17.6 Å². The van der Waals surface area contributed by atoms with Gasteiger partial charge in [0.25, 0.3) is 0 Å². The van der Waals surface area contributed by atoms with Crippen molar-refractivity contribution < 1.29 is 14.6 Å². The van der Waals surface area contributed by atoms with E-state index in [1.807, 2.05) is 48.7 Å². The molecule has 28 heavy (non-hydrogen) atoms. The molecule has 6 heteroatoms. The van der Waals surface area contributed by atoms with Gasteiger partial charge in [0.2, 0.25) is 5.91 Å². The number of nitrogens with zero attached hydrogens (tertiary/aromatic N) is 2. The molecule has 3 rings (SSSR count). The third kappa shape index (κ3) is 4.85. The maximum Gasteiger partial charge on any atom is 0.244 e. The summed E-state index contributed by atoms with van der Waals surface area (Å²) in [5.74, 6) is -0.204. The van der Waals surface area contributed by atoms with Gasteiger partial charge in [0.1, 0.15) is 5.65 Å². The van der Waals surface area contributed by atoms with Crippen molar-refractivity contribution in [2.24, 2.45) is 0 Å². The summed E-state index contributed by atoms with van der Waals surface area (Å²) in [6.45, 7) is 5.08. The van der Waals surface area contributed by atoms with Crippen LogP contribution in [0.3, 0.4) is 0 Å². The number of aliphatic hydroxyl groups is 1. The first kappa shape index (κ1) is 19.8. The fourth-order valence-electron chi connectivity index (χ4n) is 2.88. The summed E-state index contributed by atoms with van der Waals surface area (Å²) in [5, 5.41) is 11.4. The highest BCUT2D eigenvalue weighted by Crippen LogP contribution is 2.26. The van der Waals surface area contributed by atoms with Crippen LogP contribution in [0.5, 0.6) is 0 Å². The number of aryl methyl sites for hydroxylation is 2. The van der Waals surface area contributed by atoms with E-state index in [1.54, 1.807) is 6.08 Å².